The van der Waals surface area contributed by atoms with Gasteiger partial charge in [-0.05, 0) is 13.8 Å². The number of carbonyl (C=O) groups is 2. The number of esters is 2. The van der Waals surface area contributed by atoms with Crippen LogP contribution in [0, 0.1) is 11.3 Å². The molecule has 0 aromatic rings. The molecule has 7 heteroatoms. The maximum absolute atomic E-state index is 11.1. The van der Waals surface area contributed by atoms with E-state index in [0.29, 0.717) is 0 Å². The number of aliphatic hydroxyl groups excluding tert-OH is 1. The average Bonchev–Trinajstić information content (AvgIpc) is 2.19. The van der Waals surface area contributed by atoms with Crippen LogP contribution in [0.3, 0.4) is 0 Å². The standard InChI is InChI=1S/C9H11NO5.Na.H/c1-3-14-8(12)6(5-10)7(11)9(13)15-4-2;;/h11H,3-4H2,1-2H3;;/q;+1;-1. The smallest absolute Gasteiger partial charge is 1.00 e. The Labute approximate surface area is 117 Å². The third-order valence-corrected chi connectivity index (χ3v) is 1.30. The summed E-state index contributed by atoms with van der Waals surface area (Å²) in [5.41, 5.74) is -0.754. The summed E-state index contributed by atoms with van der Waals surface area (Å²) < 4.78 is 8.87. The van der Waals surface area contributed by atoms with E-state index in [1.165, 1.54) is 19.9 Å². The van der Waals surface area contributed by atoms with Crippen LogP contribution in [-0.2, 0) is 19.1 Å². The molecule has 0 bridgehead atoms. The van der Waals surface area contributed by atoms with Crippen molar-refractivity contribution >= 4 is 11.9 Å². The SMILES string of the molecule is CCOC(=O)C(O)=C(C#N)C(=O)OCC.[H-].[Na+]. The average molecular weight is 237 g/mol. The van der Waals surface area contributed by atoms with Gasteiger partial charge in [-0.2, -0.15) is 5.26 Å². The molecule has 0 saturated carbocycles. The van der Waals surface area contributed by atoms with E-state index in [4.69, 9.17) is 5.26 Å². The monoisotopic (exact) mass is 237 g/mol. The molecule has 0 aromatic carbocycles. The molecule has 0 aliphatic heterocycles. The molecule has 0 spiro atoms. The van der Waals surface area contributed by atoms with Crippen molar-refractivity contribution in [2.24, 2.45) is 0 Å². The summed E-state index contributed by atoms with van der Waals surface area (Å²) in [6, 6.07) is 1.38. The Bertz CT molecular complexity index is 337. The Morgan fingerprint density at radius 2 is 1.69 bits per heavy atom. The van der Waals surface area contributed by atoms with Gasteiger partial charge in [-0.25, -0.2) is 9.59 Å². The fraction of sp³-hybridized carbons (Fsp3) is 0.444. The zero-order chi connectivity index (χ0) is 11.8. The van der Waals surface area contributed by atoms with Crippen molar-refractivity contribution in [1.82, 2.24) is 0 Å². The molecule has 0 aromatic heterocycles. The quantitative estimate of drug-likeness (QED) is 0.192. The zero-order valence-corrected chi connectivity index (χ0v) is 11.4. The summed E-state index contributed by atoms with van der Waals surface area (Å²) in [6.07, 6.45) is 0. The molecule has 0 rings (SSSR count). The molecular formula is C9H12NNaO5. The Balaban J connectivity index is -0.000000980. The topological polar surface area (TPSA) is 96.6 Å². The van der Waals surface area contributed by atoms with E-state index in [1.54, 1.807) is 0 Å². The molecule has 0 saturated heterocycles. The molecule has 0 unspecified atom stereocenters. The first kappa shape index (κ1) is 17.4. The van der Waals surface area contributed by atoms with Crippen molar-refractivity contribution in [2.45, 2.75) is 13.8 Å². The van der Waals surface area contributed by atoms with Gasteiger partial charge in [0.2, 0.25) is 5.76 Å². The van der Waals surface area contributed by atoms with E-state index < -0.39 is 23.3 Å². The van der Waals surface area contributed by atoms with E-state index in [9.17, 15) is 14.7 Å². The molecule has 1 N–H and O–H groups in total. The first-order valence-electron chi connectivity index (χ1n) is 4.26. The first-order chi connectivity index (χ1) is 7.08. The minimum absolute atomic E-state index is 0. The van der Waals surface area contributed by atoms with Crippen molar-refractivity contribution in [3.63, 3.8) is 0 Å². The fourth-order valence-electron chi connectivity index (χ4n) is 0.700. The second-order valence-electron chi connectivity index (χ2n) is 2.28. The number of nitriles is 1. The number of nitrogens with zero attached hydrogens (tertiary/aromatic N) is 1. The molecule has 0 radical (unpaired) electrons. The van der Waals surface area contributed by atoms with Gasteiger partial charge >= 0.3 is 41.5 Å². The first-order valence-corrected chi connectivity index (χ1v) is 4.26. The molecule has 0 aliphatic carbocycles. The van der Waals surface area contributed by atoms with Crippen LogP contribution in [0.1, 0.15) is 15.3 Å². The van der Waals surface area contributed by atoms with Gasteiger partial charge in [0, 0.05) is 0 Å². The predicted molar refractivity (Wildman–Crippen MR) is 49.6 cm³/mol. The second kappa shape index (κ2) is 9.21. The van der Waals surface area contributed by atoms with Gasteiger partial charge in [-0.1, -0.05) is 0 Å². The summed E-state index contributed by atoms with van der Waals surface area (Å²) in [5.74, 6) is -3.20. The minimum Gasteiger partial charge on any atom is -1.00 e. The van der Waals surface area contributed by atoms with E-state index in [0.717, 1.165) is 0 Å². The summed E-state index contributed by atoms with van der Waals surface area (Å²) in [7, 11) is 0. The van der Waals surface area contributed by atoms with Gasteiger partial charge in [-0.3, -0.25) is 0 Å². The Hall–Kier alpha value is -1.03. The molecule has 84 valence electrons. The number of hydrogen-bond donors (Lipinski definition) is 1. The summed E-state index contributed by atoms with van der Waals surface area (Å²) >= 11 is 0. The summed E-state index contributed by atoms with van der Waals surface area (Å²) in [5, 5.41) is 17.7. The number of ether oxygens (including phenoxy) is 2. The van der Waals surface area contributed by atoms with Crippen LogP contribution in [-0.4, -0.2) is 30.3 Å². The van der Waals surface area contributed by atoms with Crippen LogP contribution in [0.5, 0.6) is 0 Å². The normalized spacial score (nSPS) is 10.3. The van der Waals surface area contributed by atoms with Gasteiger partial charge < -0.3 is 16.0 Å². The van der Waals surface area contributed by atoms with E-state index in [-0.39, 0.29) is 44.2 Å². The molecule has 0 aliphatic rings. The molecular weight excluding hydrogens is 225 g/mol. The number of rotatable bonds is 4. The van der Waals surface area contributed by atoms with Crippen molar-refractivity contribution in [3.05, 3.63) is 11.3 Å². The van der Waals surface area contributed by atoms with Crippen LogP contribution in [0.4, 0.5) is 0 Å². The van der Waals surface area contributed by atoms with Crippen molar-refractivity contribution in [2.75, 3.05) is 13.2 Å². The molecule has 0 heterocycles. The fourth-order valence-corrected chi connectivity index (χ4v) is 0.700. The molecule has 0 atom stereocenters. The predicted octanol–water partition coefficient (Wildman–Crippen LogP) is -2.44. The van der Waals surface area contributed by atoms with Crippen LogP contribution in [0.25, 0.3) is 0 Å². The van der Waals surface area contributed by atoms with Crippen molar-refractivity contribution < 1.29 is 55.2 Å². The maximum Gasteiger partial charge on any atom is 1.00 e. The Kier molecular flexibility index (Phi) is 10.0. The van der Waals surface area contributed by atoms with Crippen molar-refractivity contribution in [3.8, 4) is 6.07 Å². The summed E-state index contributed by atoms with van der Waals surface area (Å²) in [4.78, 5) is 22.0. The number of carbonyl (C=O) groups excluding carboxylic acids is 2. The Morgan fingerprint density at radius 1 is 1.25 bits per heavy atom. The summed E-state index contributed by atoms with van der Waals surface area (Å²) in [6.45, 7) is 3.14. The molecule has 0 amide bonds. The van der Waals surface area contributed by atoms with Crippen LogP contribution < -0.4 is 29.6 Å². The van der Waals surface area contributed by atoms with Crippen molar-refractivity contribution in [1.29, 1.82) is 5.26 Å². The number of hydrogen-bond acceptors (Lipinski definition) is 6. The molecule has 6 nitrogen and oxygen atoms in total. The zero-order valence-electron chi connectivity index (χ0n) is 10.4. The minimum atomic E-state index is -1.12. The van der Waals surface area contributed by atoms with E-state index >= 15 is 0 Å². The third kappa shape index (κ3) is 5.16. The van der Waals surface area contributed by atoms with Crippen LogP contribution in [0.2, 0.25) is 0 Å². The third-order valence-electron chi connectivity index (χ3n) is 1.30. The maximum atomic E-state index is 11.1. The van der Waals surface area contributed by atoms with Gasteiger partial charge in [0.05, 0.1) is 13.2 Å². The van der Waals surface area contributed by atoms with Gasteiger partial charge in [-0.15, -0.1) is 0 Å². The van der Waals surface area contributed by atoms with Gasteiger partial charge in [0.25, 0.3) is 0 Å². The van der Waals surface area contributed by atoms with Crippen LogP contribution in [0.15, 0.2) is 11.3 Å². The van der Waals surface area contributed by atoms with E-state index in [1.807, 2.05) is 0 Å². The number of aliphatic hydroxyl groups is 1. The molecule has 16 heavy (non-hydrogen) atoms. The van der Waals surface area contributed by atoms with E-state index in [2.05, 4.69) is 9.47 Å². The van der Waals surface area contributed by atoms with Gasteiger partial charge in [0.1, 0.15) is 6.07 Å². The van der Waals surface area contributed by atoms with Crippen LogP contribution >= 0.6 is 0 Å². The largest absolute Gasteiger partial charge is 1.00 e. The molecule has 0 fully saturated rings. The second-order valence-corrected chi connectivity index (χ2v) is 2.28. The van der Waals surface area contributed by atoms with Gasteiger partial charge in [0.15, 0.2) is 5.57 Å². The Morgan fingerprint density at radius 3 is 2.06 bits per heavy atom.